The molecule has 1 N–H and O–H groups in total. The fourth-order valence-corrected chi connectivity index (χ4v) is 3.32. The minimum atomic E-state index is -0.283. The molecule has 0 aliphatic heterocycles. The first-order valence-corrected chi connectivity index (χ1v) is 8.57. The molecule has 1 amide bonds. The number of hydrogen-bond donors (Lipinski definition) is 1. The van der Waals surface area contributed by atoms with Crippen LogP contribution in [0.5, 0.6) is 0 Å². The molecule has 1 aliphatic rings. The van der Waals surface area contributed by atoms with Gasteiger partial charge in [-0.1, -0.05) is 43.3 Å². The summed E-state index contributed by atoms with van der Waals surface area (Å²) < 4.78 is 5.10. The van der Waals surface area contributed by atoms with E-state index in [1.165, 1.54) is 0 Å². The number of ether oxygens (including phenoxy) is 1. The van der Waals surface area contributed by atoms with E-state index in [-0.39, 0.29) is 30.4 Å². The van der Waals surface area contributed by atoms with Gasteiger partial charge in [-0.05, 0) is 29.3 Å². The Balaban J connectivity index is 1.62. The van der Waals surface area contributed by atoms with Crippen molar-refractivity contribution in [1.82, 2.24) is 5.32 Å². The summed E-state index contributed by atoms with van der Waals surface area (Å²) >= 11 is 1.58. The van der Waals surface area contributed by atoms with Gasteiger partial charge in [0, 0.05) is 4.88 Å². The van der Waals surface area contributed by atoms with E-state index in [2.05, 4.69) is 5.32 Å². The van der Waals surface area contributed by atoms with Crippen molar-refractivity contribution in [2.45, 2.75) is 19.4 Å². The third kappa shape index (κ3) is 3.99. The van der Waals surface area contributed by atoms with Crippen LogP contribution in [0, 0.1) is 11.8 Å². The van der Waals surface area contributed by atoms with Crippen LogP contribution in [0.4, 0.5) is 0 Å². The lowest BCUT2D eigenvalue weighted by atomic mass is 10.1. The highest BCUT2D eigenvalue weighted by atomic mass is 32.1. The van der Waals surface area contributed by atoms with Crippen molar-refractivity contribution in [3.05, 3.63) is 58.3 Å². The van der Waals surface area contributed by atoms with Crippen molar-refractivity contribution in [3.63, 3.8) is 0 Å². The van der Waals surface area contributed by atoms with Crippen molar-refractivity contribution in [3.8, 4) is 0 Å². The summed E-state index contributed by atoms with van der Waals surface area (Å²) in [5.74, 6) is -0.187. The topological polar surface area (TPSA) is 55.4 Å². The smallest absolute Gasteiger partial charge is 0.309 e. The highest BCUT2D eigenvalue weighted by Crippen LogP contribution is 2.38. The van der Waals surface area contributed by atoms with Gasteiger partial charge in [-0.3, -0.25) is 9.59 Å². The summed E-state index contributed by atoms with van der Waals surface area (Å²) in [5.41, 5.74) is 1.01. The van der Waals surface area contributed by atoms with E-state index in [4.69, 9.17) is 4.74 Å². The summed E-state index contributed by atoms with van der Waals surface area (Å²) in [5, 5.41) is 4.93. The highest BCUT2D eigenvalue weighted by Gasteiger charge is 2.40. The number of nitrogens with one attached hydrogen (secondary N) is 1. The van der Waals surface area contributed by atoms with Gasteiger partial charge in [0.25, 0.3) is 5.91 Å². The normalized spacial score (nSPS) is 20.6. The SMILES string of the molecule is C[C@H]1C[C@@H]1C(=O)OCC(=O)N[C@@H](c1ccccc1)c1cccs1. The molecule has 0 saturated heterocycles. The molecule has 0 radical (unpaired) electrons. The Kier molecular flexibility index (Phi) is 4.76. The van der Waals surface area contributed by atoms with Gasteiger partial charge in [0.2, 0.25) is 0 Å². The standard InChI is InChI=1S/C18H19NO3S/c1-12-10-14(12)18(21)22-11-16(20)19-17(15-8-5-9-23-15)13-6-3-2-4-7-13/h2-9,12,14,17H,10-11H2,1H3,(H,19,20)/t12-,14-,17-/m0/s1. The van der Waals surface area contributed by atoms with Crippen LogP contribution in [0.2, 0.25) is 0 Å². The Morgan fingerprint density at radius 1 is 1.26 bits per heavy atom. The lowest BCUT2D eigenvalue weighted by Crippen LogP contribution is -2.33. The molecule has 23 heavy (non-hydrogen) atoms. The maximum absolute atomic E-state index is 12.2. The molecule has 1 aliphatic carbocycles. The zero-order chi connectivity index (χ0) is 16.2. The predicted molar refractivity (Wildman–Crippen MR) is 89.0 cm³/mol. The lowest BCUT2D eigenvalue weighted by molar-refractivity contribution is -0.150. The van der Waals surface area contributed by atoms with Crippen molar-refractivity contribution in [1.29, 1.82) is 0 Å². The number of hydrogen-bond acceptors (Lipinski definition) is 4. The molecule has 2 aromatic rings. The summed E-state index contributed by atoms with van der Waals surface area (Å²) in [7, 11) is 0. The number of carbonyl (C=O) groups excluding carboxylic acids is 2. The summed E-state index contributed by atoms with van der Waals surface area (Å²) in [6, 6.07) is 13.5. The molecule has 0 bridgehead atoms. The molecule has 1 aromatic heterocycles. The predicted octanol–water partition coefficient (Wildman–Crippen LogP) is 3.15. The number of esters is 1. The third-order valence-corrected chi connectivity index (χ3v) is 4.96. The number of carbonyl (C=O) groups is 2. The molecule has 5 heteroatoms. The molecular weight excluding hydrogens is 310 g/mol. The van der Waals surface area contributed by atoms with Gasteiger partial charge in [-0.25, -0.2) is 0 Å². The van der Waals surface area contributed by atoms with E-state index in [1.54, 1.807) is 11.3 Å². The maximum Gasteiger partial charge on any atom is 0.309 e. The van der Waals surface area contributed by atoms with Crippen molar-refractivity contribution in [2.24, 2.45) is 11.8 Å². The quantitative estimate of drug-likeness (QED) is 0.828. The van der Waals surface area contributed by atoms with Crippen molar-refractivity contribution in [2.75, 3.05) is 6.61 Å². The van der Waals surface area contributed by atoms with Gasteiger partial charge in [-0.15, -0.1) is 11.3 Å². The zero-order valence-corrected chi connectivity index (χ0v) is 13.7. The molecule has 1 aromatic carbocycles. The molecule has 0 unspecified atom stereocenters. The first-order valence-electron chi connectivity index (χ1n) is 7.69. The van der Waals surface area contributed by atoms with E-state index >= 15 is 0 Å². The molecule has 1 fully saturated rings. The molecule has 1 saturated carbocycles. The van der Waals surface area contributed by atoms with E-state index in [0.717, 1.165) is 16.9 Å². The molecule has 3 atom stereocenters. The maximum atomic E-state index is 12.2. The van der Waals surface area contributed by atoms with Gasteiger partial charge >= 0.3 is 5.97 Å². The number of amides is 1. The first-order chi connectivity index (χ1) is 11.1. The number of benzene rings is 1. The van der Waals surface area contributed by atoms with Gasteiger partial charge < -0.3 is 10.1 Å². The van der Waals surface area contributed by atoms with E-state index in [1.807, 2.05) is 54.8 Å². The van der Waals surface area contributed by atoms with Crippen LogP contribution >= 0.6 is 11.3 Å². The van der Waals surface area contributed by atoms with Crippen molar-refractivity contribution >= 4 is 23.2 Å². The van der Waals surface area contributed by atoms with E-state index < -0.39 is 0 Å². The number of rotatable bonds is 6. The third-order valence-electron chi connectivity index (χ3n) is 4.02. The van der Waals surface area contributed by atoms with Gasteiger partial charge in [0.15, 0.2) is 6.61 Å². The average Bonchev–Trinajstić information content (AvgIpc) is 3.07. The fourth-order valence-electron chi connectivity index (χ4n) is 2.52. The summed E-state index contributed by atoms with van der Waals surface area (Å²) in [6.45, 7) is 1.78. The summed E-state index contributed by atoms with van der Waals surface area (Å²) in [4.78, 5) is 24.9. The largest absolute Gasteiger partial charge is 0.455 e. The van der Waals surface area contributed by atoms with Crippen LogP contribution in [0.3, 0.4) is 0 Å². The fraction of sp³-hybridized carbons (Fsp3) is 0.333. The van der Waals surface area contributed by atoms with Crippen LogP contribution < -0.4 is 5.32 Å². The zero-order valence-electron chi connectivity index (χ0n) is 12.9. The monoisotopic (exact) mass is 329 g/mol. The second-order valence-electron chi connectivity index (χ2n) is 5.85. The van der Waals surface area contributed by atoms with Crippen molar-refractivity contribution < 1.29 is 14.3 Å². The van der Waals surface area contributed by atoms with Gasteiger partial charge in [0.1, 0.15) is 0 Å². The Hall–Kier alpha value is -2.14. The molecule has 4 nitrogen and oxygen atoms in total. The van der Waals surface area contributed by atoms with Gasteiger partial charge in [0.05, 0.1) is 12.0 Å². The van der Waals surface area contributed by atoms with E-state index in [0.29, 0.717) is 5.92 Å². The van der Waals surface area contributed by atoms with Crippen LogP contribution in [0.25, 0.3) is 0 Å². The van der Waals surface area contributed by atoms with Gasteiger partial charge in [-0.2, -0.15) is 0 Å². The second kappa shape index (κ2) is 6.96. The Labute approximate surface area is 139 Å². The Morgan fingerprint density at radius 3 is 2.61 bits per heavy atom. The number of thiophene rings is 1. The molecule has 120 valence electrons. The molecular formula is C18H19NO3S. The molecule has 3 rings (SSSR count). The first kappa shape index (κ1) is 15.7. The average molecular weight is 329 g/mol. The molecule has 1 heterocycles. The minimum absolute atomic E-state index is 0.0231. The van der Waals surface area contributed by atoms with Crippen LogP contribution in [0.1, 0.15) is 29.8 Å². The minimum Gasteiger partial charge on any atom is -0.455 e. The van der Waals surface area contributed by atoms with Crippen LogP contribution in [-0.2, 0) is 14.3 Å². The van der Waals surface area contributed by atoms with Crippen LogP contribution in [0.15, 0.2) is 47.8 Å². The summed E-state index contributed by atoms with van der Waals surface area (Å²) in [6.07, 6.45) is 0.863. The highest BCUT2D eigenvalue weighted by molar-refractivity contribution is 7.10. The Bertz CT molecular complexity index is 669. The van der Waals surface area contributed by atoms with E-state index in [9.17, 15) is 9.59 Å². The second-order valence-corrected chi connectivity index (χ2v) is 6.83. The lowest BCUT2D eigenvalue weighted by Gasteiger charge is -2.18. The molecule has 0 spiro atoms. The Morgan fingerprint density at radius 2 is 2.00 bits per heavy atom. The van der Waals surface area contributed by atoms with Crippen LogP contribution in [-0.4, -0.2) is 18.5 Å².